The molecule has 2 aromatic rings. The van der Waals surface area contributed by atoms with Crippen molar-refractivity contribution in [1.82, 2.24) is 9.80 Å². The molecule has 2 aromatic carbocycles. The highest BCUT2D eigenvalue weighted by Gasteiger charge is 2.28. The van der Waals surface area contributed by atoms with Crippen molar-refractivity contribution in [3.05, 3.63) is 69.8 Å². The molecule has 28 heavy (non-hydrogen) atoms. The van der Waals surface area contributed by atoms with Crippen LogP contribution in [0, 0.1) is 10.1 Å². The van der Waals surface area contributed by atoms with E-state index in [1.165, 1.54) is 17.7 Å². The van der Waals surface area contributed by atoms with Gasteiger partial charge >= 0.3 is 0 Å². The smallest absolute Gasteiger partial charge is 0.271 e. The number of hydrogen-bond donors (Lipinski definition) is 0. The first-order valence-electron chi connectivity index (χ1n) is 9.66. The van der Waals surface area contributed by atoms with Gasteiger partial charge in [-0.3, -0.25) is 24.7 Å². The van der Waals surface area contributed by atoms with Gasteiger partial charge in [-0.25, -0.2) is 0 Å². The van der Waals surface area contributed by atoms with Crippen LogP contribution in [-0.4, -0.2) is 59.9 Å². The van der Waals surface area contributed by atoms with E-state index in [1.54, 1.807) is 11.0 Å². The average Bonchev–Trinajstić information content (AvgIpc) is 3.13. The van der Waals surface area contributed by atoms with Gasteiger partial charge in [0.25, 0.3) is 5.69 Å². The van der Waals surface area contributed by atoms with Crippen molar-refractivity contribution in [2.45, 2.75) is 13.0 Å². The molecule has 0 aromatic heterocycles. The second-order valence-corrected chi connectivity index (χ2v) is 7.40. The van der Waals surface area contributed by atoms with Crippen LogP contribution in [0.4, 0.5) is 11.4 Å². The number of carbonyl (C=O) groups is 1. The third kappa shape index (κ3) is 4.05. The van der Waals surface area contributed by atoms with Crippen molar-refractivity contribution < 1.29 is 9.72 Å². The first-order chi connectivity index (χ1) is 13.6. The Labute approximate surface area is 164 Å². The van der Waals surface area contributed by atoms with Gasteiger partial charge in [-0.1, -0.05) is 36.4 Å². The fourth-order valence-electron chi connectivity index (χ4n) is 3.96. The minimum atomic E-state index is -0.410. The molecule has 0 aliphatic carbocycles. The summed E-state index contributed by atoms with van der Waals surface area (Å²) in [6, 6.07) is 15.2. The average molecular weight is 380 g/mol. The lowest BCUT2D eigenvalue weighted by atomic mass is 10.1. The van der Waals surface area contributed by atoms with E-state index in [0.717, 1.165) is 44.7 Å². The quantitative estimate of drug-likeness (QED) is 0.588. The Balaban J connectivity index is 1.32. The molecule has 0 radical (unpaired) electrons. The molecule has 2 aliphatic rings. The number of piperazine rings is 1. The molecule has 0 atom stereocenters. The molecule has 7 heteroatoms. The summed E-state index contributed by atoms with van der Waals surface area (Å²) in [5.41, 5.74) is 3.05. The zero-order valence-corrected chi connectivity index (χ0v) is 15.8. The van der Waals surface area contributed by atoms with Gasteiger partial charge in [-0.05, 0) is 17.5 Å². The van der Waals surface area contributed by atoms with Crippen LogP contribution < -0.4 is 4.90 Å². The van der Waals surface area contributed by atoms with E-state index in [0.29, 0.717) is 18.8 Å². The van der Waals surface area contributed by atoms with Crippen molar-refractivity contribution in [3.8, 4) is 0 Å². The second-order valence-electron chi connectivity index (χ2n) is 7.40. The van der Waals surface area contributed by atoms with Crippen molar-refractivity contribution in [1.29, 1.82) is 0 Å². The number of nitrogens with zero attached hydrogens (tertiary/aromatic N) is 4. The lowest BCUT2D eigenvalue weighted by Gasteiger charge is -2.35. The second kappa shape index (κ2) is 8.08. The number of non-ortho nitro benzene ring substituents is 1. The highest BCUT2D eigenvalue weighted by atomic mass is 16.6. The topological polar surface area (TPSA) is 69.9 Å². The molecule has 1 amide bonds. The number of nitro groups is 1. The molecular formula is C21H24N4O3. The molecule has 0 spiro atoms. The molecule has 7 nitrogen and oxygen atoms in total. The van der Waals surface area contributed by atoms with Gasteiger partial charge in [-0.2, -0.15) is 0 Å². The Morgan fingerprint density at radius 3 is 2.39 bits per heavy atom. The van der Waals surface area contributed by atoms with Crippen molar-refractivity contribution in [2.75, 3.05) is 44.2 Å². The highest BCUT2D eigenvalue weighted by Crippen LogP contribution is 2.31. The summed E-state index contributed by atoms with van der Waals surface area (Å²) >= 11 is 0. The van der Waals surface area contributed by atoms with Crippen LogP contribution in [-0.2, 0) is 17.8 Å². The first kappa shape index (κ1) is 18.6. The maximum Gasteiger partial charge on any atom is 0.271 e. The van der Waals surface area contributed by atoms with Gasteiger partial charge in [0, 0.05) is 51.4 Å². The van der Waals surface area contributed by atoms with Crippen LogP contribution in [0.1, 0.15) is 11.1 Å². The monoisotopic (exact) mass is 380 g/mol. The molecule has 1 saturated heterocycles. The Hall–Kier alpha value is -2.77. The van der Waals surface area contributed by atoms with Crippen LogP contribution >= 0.6 is 0 Å². The highest BCUT2D eigenvalue weighted by molar-refractivity contribution is 5.97. The molecule has 2 heterocycles. The zero-order valence-electron chi connectivity index (χ0n) is 15.8. The molecule has 1 fully saturated rings. The molecule has 0 bridgehead atoms. The van der Waals surface area contributed by atoms with E-state index in [-0.39, 0.29) is 11.6 Å². The third-order valence-corrected chi connectivity index (χ3v) is 5.55. The van der Waals surface area contributed by atoms with E-state index in [4.69, 9.17) is 0 Å². The van der Waals surface area contributed by atoms with Gasteiger partial charge in [-0.15, -0.1) is 0 Å². The summed E-state index contributed by atoms with van der Waals surface area (Å²) in [4.78, 5) is 29.8. The lowest BCUT2D eigenvalue weighted by molar-refractivity contribution is -0.384. The maximum absolute atomic E-state index is 12.8. The van der Waals surface area contributed by atoms with Gasteiger partial charge in [0.1, 0.15) is 0 Å². The van der Waals surface area contributed by atoms with Crippen molar-refractivity contribution in [3.63, 3.8) is 0 Å². The van der Waals surface area contributed by atoms with Crippen LogP contribution in [0.3, 0.4) is 0 Å². The summed E-state index contributed by atoms with van der Waals surface area (Å²) in [5, 5.41) is 11.0. The maximum atomic E-state index is 12.8. The number of rotatable bonds is 5. The largest absolute Gasteiger partial charge is 0.310 e. The van der Waals surface area contributed by atoms with E-state index in [9.17, 15) is 14.9 Å². The van der Waals surface area contributed by atoms with Crippen LogP contribution in [0.2, 0.25) is 0 Å². The summed E-state index contributed by atoms with van der Waals surface area (Å²) in [6.45, 7) is 5.48. The number of amides is 1. The minimum absolute atomic E-state index is 0.0238. The molecule has 0 unspecified atom stereocenters. The fraction of sp³-hybridized carbons (Fsp3) is 0.381. The van der Waals surface area contributed by atoms with Crippen LogP contribution in [0.25, 0.3) is 0 Å². The summed E-state index contributed by atoms with van der Waals surface area (Å²) < 4.78 is 0. The molecular weight excluding hydrogens is 356 g/mol. The zero-order chi connectivity index (χ0) is 19.5. The fourth-order valence-corrected chi connectivity index (χ4v) is 3.96. The van der Waals surface area contributed by atoms with E-state index in [2.05, 4.69) is 34.1 Å². The number of hydrogen-bond acceptors (Lipinski definition) is 5. The van der Waals surface area contributed by atoms with Crippen molar-refractivity contribution in [2.24, 2.45) is 0 Å². The SMILES string of the molecule is O=C(CN1CCN(Cc2ccccc2)CC1)N1CCc2ccc([N+](=O)[O-])cc21. The molecule has 2 aliphatic heterocycles. The summed E-state index contributed by atoms with van der Waals surface area (Å²) in [7, 11) is 0. The van der Waals surface area contributed by atoms with Gasteiger partial charge in [0.2, 0.25) is 5.91 Å². The van der Waals surface area contributed by atoms with Gasteiger partial charge < -0.3 is 4.90 Å². The predicted octanol–water partition coefficient (Wildman–Crippen LogP) is 2.30. The van der Waals surface area contributed by atoms with E-state index < -0.39 is 4.92 Å². The van der Waals surface area contributed by atoms with Crippen LogP contribution in [0.15, 0.2) is 48.5 Å². The molecule has 0 N–H and O–H groups in total. The molecule has 146 valence electrons. The molecule has 4 rings (SSSR count). The van der Waals surface area contributed by atoms with Crippen LogP contribution in [0.5, 0.6) is 0 Å². The molecule has 0 saturated carbocycles. The lowest BCUT2D eigenvalue weighted by Crippen LogP contribution is -2.49. The van der Waals surface area contributed by atoms with Crippen molar-refractivity contribution >= 4 is 17.3 Å². The Kier molecular flexibility index (Phi) is 5.36. The van der Waals surface area contributed by atoms with E-state index in [1.807, 2.05) is 6.07 Å². The minimum Gasteiger partial charge on any atom is -0.310 e. The Morgan fingerprint density at radius 2 is 1.68 bits per heavy atom. The number of carbonyl (C=O) groups excluding carboxylic acids is 1. The predicted molar refractivity (Wildman–Crippen MR) is 107 cm³/mol. The third-order valence-electron chi connectivity index (χ3n) is 5.55. The normalized spacial score (nSPS) is 17.5. The van der Waals surface area contributed by atoms with E-state index >= 15 is 0 Å². The first-order valence-corrected chi connectivity index (χ1v) is 9.66. The Morgan fingerprint density at radius 1 is 0.964 bits per heavy atom. The van der Waals surface area contributed by atoms with Gasteiger partial charge in [0.15, 0.2) is 0 Å². The standard InChI is InChI=1S/C21H24N4O3/c26-21(24-9-8-18-6-7-19(25(27)28)14-20(18)24)16-23-12-10-22(11-13-23)15-17-4-2-1-3-5-17/h1-7,14H,8-13,15-16H2. The number of fused-ring (bicyclic) bond motifs is 1. The van der Waals surface area contributed by atoms with Gasteiger partial charge in [0.05, 0.1) is 17.2 Å². The number of benzene rings is 2. The number of anilines is 1. The summed E-state index contributed by atoms with van der Waals surface area (Å²) in [6.07, 6.45) is 0.754. The summed E-state index contributed by atoms with van der Waals surface area (Å²) in [5.74, 6) is 0.0238. The Bertz CT molecular complexity index is 863. The number of nitro benzene ring substituents is 1.